The standard InChI is InChI=1S/C25H20FN3O3/c1-15-11-16(5-4-10-30)12-22(27-15)25(32)29-24(19-14-18(26)8-9-23(19)31)21-13-17-6-2-3-7-20(17)28-21/h2-3,6-9,11-14,24,28,30-31H,10H2,1H3,(H,29,32)/t24-/m0/s1. The normalized spacial score (nSPS) is 11.6. The lowest BCUT2D eigenvalue weighted by molar-refractivity contribution is 0.0936. The predicted molar refractivity (Wildman–Crippen MR) is 119 cm³/mol. The first kappa shape index (κ1) is 21.1. The number of halogens is 1. The number of phenolic OH excluding ortho intramolecular Hbond substituents is 1. The van der Waals surface area contributed by atoms with E-state index in [1.54, 1.807) is 13.0 Å². The molecular formula is C25H20FN3O3. The summed E-state index contributed by atoms with van der Waals surface area (Å²) in [5.74, 6) is 4.10. The molecule has 1 amide bonds. The summed E-state index contributed by atoms with van der Waals surface area (Å²) in [7, 11) is 0. The van der Waals surface area contributed by atoms with Gasteiger partial charge in [-0.05, 0) is 54.8 Å². The number of aromatic amines is 1. The average molecular weight is 429 g/mol. The van der Waals surface area contributed by atoms with Gasteiger partial charge >= 0.3 is 0 Å². The Balaban J connectivity index is 1.76. The second-order valence-electron chi connectivity index (χ2n) is 7.26. The van der Waals surface area contributed by atoms with Gasteiger partial charge in [0.15, 0.2) is 0 Å². The number of para-hydroxylation sites is 1. The summed E-state index contributed by atoms with van der Waals surface area (Å²) in [6, 6.07) is 15.3. The van der Waals surface area contributed by atoms with Crippen molar-refractivity contribution in [1.82, 2.24) is 15.3 Å². The molecule has 160 valence electrons. The Labute approximate surface area is 183 Å². The number of carbonyl (C=O) groups is 1. The van der Waals surface area contributed by atoms with Gasteiger partial charge in [-0.15, -0.1) is 0 Å². The molecule has 4 N–H and O–H groups in total. The number of H-pyrrole nitrogens is 1. The first-order chi connectivity index (χ1) is 15.4. The Morgan fingerprint density at radius 3 is 2.78 bits per heavy atom. The minimum atomic E-state index is -0.861. The number of nitrogens with zero attached hydrogens (tertiary/aromatic N) is 1. The zero-order valence-electron chi connectivity index (χ0n) is 17.2. The molecule has 4 aromatic rings. The summed E-state index contributed by atoms with van der Waals surface area (Å²) in [6.07, 6.45) is 0. The van der Waals surface area contributed by atoms with E-state index in [1.165, 1.54) is 18.2 Å². The monoisotopic (exact) mass is 429 g/mol. The van der Waals surface area contributed by atoms with Crippen molar-refractivity contribution in [1.29, 1.82) is 0 Å². The van der Waals surface area contributed by atoms with Crippen LogP contribution in [0.1, 0.15) is 39.0 Å². The number of nitrogens with one attached hydrogen (secondary N) is 2. The number of carbonyl (C=O) groups excluding carboxylic acids is 1. The van der Waals surface area contributed by atoms with E-state index in [4.69, 9.17) is 5.11 Å². The number of fused-ring (bicyclic) bond motifs is 1. The fraction of sp³-hybridized carbons (Fsp3) is 0.120. The van der Waals surface area contributed by atoms with Crippen LogP contribution >= 0.6 is 0 Å². The molecule has 2 heterocycles. The van der Waals surface area contributed by atoms with Gasteiger partial charge in [-0.1, -0.05) is 30.0 Å². The maximum Gasteiger partial charge on any atom is 0.270 e. The van der Waals surface area contributed by atoms with Crippen LogP contribution in [0.4, 0.5) is 4.39 Å². The average Bonchev–Trinajstić information content (AvgIpc) is 3.21. The van der Waals surface area contributed by atoms with Gasteiger partial charge in [-0.2, -0.15) is 0 Å². The SMILES string of the molecule is Cc1cc(C#CCO)cc(C(=O)N[C@H](c2cc3ccccc3[nH]2)c2cc(F)ccc2O)n1. The molecule has 0 fully saturated rings. The second kappa shape index (κ2) is 8.92. The van der Waals surface area contributed by atoms with Gasteiger partial charge in [0.2, 0.25) is 0 Å². The van der Waals surface area contributed by atoms with E-state index < -0.39 is 17.8 Å². The van der Waals surface area contributed by atoms with Crippen molar-refractivity contribution < 1.29 is 19.4 Å². The lowest BCUT2D eigenvalue weighted by Crippen LogP contribution is -2.30. The topological polar surface area (TPSA) is 98.2 Å². The third-order valence-corrected chi connectivity index (χ3v) is 4.94. The van der Waals surface area contributed by atoms with Crippen molar-refractivity contribution in [2.75, 3.05) is 6.61 Å². The van der Waals surface area contributed by atoms with Crippen LogP contribution in [0.25, 0.3) is 10.9 Å². The Hall–Kier alpha value is -4.15. The second-order valence-corrected chi connectivity index (χ2v) is 7.26. The molecule has 0 saturated carbocycles. The number of pyridine rings is 1. The van der Waals surface area contributed by atoms with Crippen LogP contribution in [0.5, 0.6) is 5.75 Å². The maximum absolute atomic E-state index is 14.0. The molecule has 1 atom stereocenters. The highest BCUT2D eigenvalue weighted by Crippen LogP contribution is 2.31. The van der Waals surface area contributed by atoms with Gasteiger partial charge in [0.1, 0.15) is 23.9 Å². The number of aliphatic hydroxyl groups is 1. The van der Waals surface area contributed by atoms with Gasteiger partial charge < -0.3 is 20.5 Å². The van der Waals surface area contributed by atoms with E-state index in [0.29, 0.717) is 17.0 Å². The summed E-state index contributed by atoms with van der Waals surface area (Å²) in [4.78, 5) is 20.6. The number of aromatic nitrogens is 2. The number of amides is 1. The molecule has 0 radical (unpaired) electrons. The Morgan fingerprint density at radius 1 is 1.19 bits per heavy atom. The lowest BCUT2D eigenvalue weighted by atomic mass is 10.0. The van der Waals surface area contributed by atoms with Gasteiger partial charge in [0.25, 0.3) is 5.91 Å². The fourth-order valence-electron chi connectivity index (χ4n) is 3.53. The molecular weight excluding hydrogens is 409 g/mol. The maximum atomic E-state index is 14.0. The van der Waals surface area contributed by atoms with Crippen molar-refractivity contribution in [3.8, 4) is 17.6 Å². The van der Waals surface area contributed by atoms with E-state index in [2.05, 4.69) is 27.1 Å². The molecule has 0 saturated heterocycles. The summed E-state index contributed by atoms with van der Waals surface area (Å²) >= 11 is 0. The van der Waals surface area contributed by atoms with Gasteiger partial charge in [-0.25, -0.2) is 9.37 Å². The molecule has 4 rings (SSSR count). The number of rotatable bonds is 4. The lowest BCUT2D eigenvalue weighted by Gasteiger charge is -2.19. The molecule has 32 heavy (non-hydrogen) atoms. The quantitative estimate of drug-likeness (QED) is 0.373. The molecule has 0 aliphatic rings. The number of aromatic hydroxyl groups is 1. The minimum absolute atomic E-state index is 0.115. The van der Waals surface area contributed by atoms with Gasteiger partial charge in [-0.3, -0.25) is 4.79 Å². The van der Waals surface area contributed by atoms with Crippen LogP contribution in [-0.4, -0.2) is 32.7 Å². The van der Waals surface area contributed by atoms with Crippen LogP contribution in [0.3, 0.4) is 0 Å². The molecule has 0 unspecified atom stereocenters. The minimum Gasteiger partial charge on any atom is -0.508 e. The number of hydrogen-bond acceptors (Lipinski definition) is 4. The molecule has 0 aliphatic heterocycles. The van der Waals surface area contributed by atoms with E-state index in [-0.39, 0.29) is 23.6 Å². The molecule has 0 bridgehead atoms. The van der Waals surface area contributed by atoms with Crippen LogP contribution in [0.2, 0.25) is 0 Å². The van der Waals surface area contributed by atoms with Crippen molar-refractivity contribution in [2.24, 2.45) is 0 Å². The molecule has 2 aromatic carbocycles. The Morgan fingerprint density at radius 2 is 2.00 bits per heavy atom. The smallest absolute Gasteiger partial charge is 0.270 e. The number of hydrogen-bond donors (Lipinski definition) is 4. The number of aliphatic hydroxyl groups excluding tert-OH is 1. The first-order valence-electron chi connectivity index (χ1n) is 9.90. The third-order valence-electron chi connectivity index (χ3n) is 4.94. The van der Waals surface area contributed by atoms with Crippen LogP contribution in [-0.2, 0) is 0 Å². The van der Waals surface area contributed by atoms with Crippen molar-refractivity contribution >= 4 is 16.8 Å². The molecule has 6 nitrogen and oxygen atoms in total. The van der Waals surface area contributed by atoms with E-state index in [0.717, 1.165) is 17.0 Å². The highest BCUT2D eigenvalue weighted by atomic mass is 19.1. The Kier molecular flexibility index (Phi) is 5.88. The van der Waals surface area contributed by atoms with Gasteiger partial charge in [0, 0.05) is 28.0 Å². The first-order valence-corrected chi connectivity index (χ1v) is 9.90. The number of aryl methyl sites for hydroxylation is 1. The number of benzene rings is 2. The summed E-state index contributed by atoms with van der Waals surface area (Å²) < 4.78 is 14.0. The van der Waals surface area contributed by atoms with E-state index in [1.807, 2.05) is 30.3 Å². The van der Waals surface area contributed by atoms with Crippen LogP contribution in [0, 0.1) is 24.6 Å². The van der Waals surface area contributed by atoms with E-state index >= 15 is 0 Å². The third kappa shape index (κ3) is 4.46. The molecule has 2 aromatic heterocycles. The van der Waals surface area contributed by atoms with Crippen LogP contribution in [0.15, 0.2) is 60.7 Å². The predicted octanol–water partition coefficient (Wildman–Crippen LogP) is 3.58. The highest BCUT2D eigenvalue weighted by molar-refractivity contribution is 5.93. The molecule has 0 aliphatic carbocycles. The van der Waals surface area contributed by atoms with Crippen LogP contribution < -0.4 is 5.32 Å². The summed E-state index contributed by atoms with van der Waals surface area (Å²) in [5.41, 5.74) is 2.85. The van der Waals surface area contributed by atoms with Crippen molar-refractivity contribution in [2.45, 2.75) is 13.0 Å². The van der Waals surface area contributed by atoms with Gasteiger partial charge in [0.05, 0.1) is 6.04 Å². The zero-order chi connectivity index (χ0) is 22.7. The summed E-state index contributed by atoms with van der Waals surface area (Å²) in [5, 5.41) is 23.1. The zero-order valence-corrected chi connectivity index (χ0v) is 17.2. The summed E-state index contributed by atoms with van der Waals surface area (Å²) in [6.45, 7) is 1.43. The van der Waals surface area contributed by atoms with E-state index in [9.17, 15) is 14.3 Å². The van der Waals surface area contributed by atoms with Crippen molar-refractivity contribution in [3.05, 3.63) is 94.7 Å². The van der Waals surface area contributed by atoms with Crippen molar-refractivity contribution in [3.63, 3.8) is 0 Å². The number of phenols is 1. The largest absolute Gasteiger partial charge is 0.508 e. The molecule has 7 heteroatoms. The fourth-order valence-corrected chi connectivity index (χ4v) is 3.53. The Bertz CT molecular complexity index is 1330. The highest BCUT2D eigenvalue weighted by Gasteiger charge is 2.24. The molecule has 0 spiro atoms.